The number of nitrogens with zero attached hydrogens (tertiary/aromatic N) is 2. The number of hydrogen-bond donors (Lipinski definition) is 1. The maximum atomic E-state index is 9.00. The Morgan fingerprint density at radius 1 is 1.50 bits per heavy atom. The van der Waals surface area contributed by atoms with Crippen LogP contribution in [0.4, 0.5) is 0 Å². The van der Waals surface area contributed by atoms with Crippen LogP contribution in [0.1, 0.15) is 19.2 Å². The van der Waals surface area contributed by atoms with Gasteiger partial charge in [-0.05, 0) is 29.3 Å². The second kappa shape index (κ2) is 4.52. The van der Waals surface area contributed by atoms with Gasteiger partial charge in [0.15, 0.2) is 0 Å². The molecule has 1 heterocycles. The highest BCUT2D eigenvalue weighted by Gasteiger charge is 1.99. The molecule has 0 spiro atoms. The Morgan fingerprint density at radius 2 is 2.08 bits per heavy atom. The summed E-state index contributed by atoms with van der Waals surface area (Å²) in [4.78, 5) is 8.16. The summed E-state index contributed by atoms with van der Waals surface area (Å²) in [5.74, 6) is 0.777. The first-order valence-electron chi connectivity index (χ1n) is 3.83. The van der Waals surface area contributed by atoms with E-state index in [2.05, 4.69) is 25.9 Å². The molecular formula is C8H11BrN2O. The van der Waals surface area contributed by atoms with Gasteiger partial charge in [0.1, 0.15) is 5.82 Å². The minimum atomic E-state index is -0.280. The summed E-state index contributed by atoms with van der Waals surface area (Å²) in [6.07, 6.45) is 4.58. The van der Waals surface area contributed by atoms with Crippen molar-refractivity contribution < 1.29 is 5.11 Å². The molecule has 12 heavy (non-hydrogen) atoms. The third-order valence-electron chi connectivity index (χ3n) is 1.46. The average molecular weight is 231 g/mol. The lowest BCUT2D eigenvalue weighted by molar-refractivity contribution is 0.184. The molecule has 1 aromatic heterocycles. The van der Waals surface area contributed by atoms with Crippen molar-refractivity contribution >= 4 is 15.9 Å². The molecule has 1 atom stereocenters. The van der Waals surface area contributed by atoms with E-state index in [0.29, 0.717) is 6.42 Å². The van der Waals surface area contributed by atoms with Crippen molar-refractivity contribution in [3.05, 3.63) is 22.7 Å². The summed E-state index contributed by atoms with van der Waals surface area (Å²) in [6, 6.07) is 0. The van der Waals surface area contributed by atoms with Crippen LogP contribution in [0.15, 0.2) is 16.9 Å². The first-order valence-corrected chi connectivity index (χ1v) is 4.62. The lowest BCUT2D eigenvalue weighted by Crippen LogP contribution is -2.03. The molecule has 66 valence electrons. The zero-order valence-corrected chi connectivity index (χ0v) is 8.45. The van der Waals surface area contributed by atoms with Gasteiger partial charge in [-0.1, -0.05) is 0 Å². The van der Waals surface area contributed by atoms with Crippen molar-refractivity contribution in [3.63, 3.8) is 0 Å². The number of aliphatic hydroxyl groups is 1. The van der Waals surface area contributed by atoms with E-state index in [0.717, 1.165) is 16.7 Å². The van der Waals surface area contributed by atoms with Crippen LogP contribution in [-0.4, -0.2) is 21.2 Å². The Balaban J connectivity index is 2.48. The van der Waals surface area contributed by atoms with Gasteiger partial charge in [-0.15, -0.1) is 0 Å². The summed E-state index contributed by atoms with van der Waals surface area (Å²) in [5.41, 5.74) is 0. The Morgan fingerprint density at radius 3 is 2.58 bits per heavy atom. The molecule has 1 rings (SSSR count). The predicted molar refractivity (Wildman–Crippen MR) is 49.7 cm³/mol. The maximum Gasteiger partial charge on any atom is 0.128 e. The number of aromatic nitrogens is 2. The van der Waals surface area contributed by atoms with Crippen LogP contribution in [0.25, 0.3) is 0 Å². The Kier molecular flexibility index (Phi) is 3.62. The van der Waals surface area contributed by atoms with Crippen LogP contribution >= 0.6 is 15.9 Å². The van der Waals surface area contributed by atoms with Gasteiger partial charge in [-0.3, -0.25) is 0 Å². The van der Waals surface area contributed by atoms with Gasteiger partial charge in [0.2, 0.25) is 0 Å². The second-order valence-electron chi connectivity index (χ2n) is 2.71. The first-order chi connectivity index (χ1) is 5.68. The highest BCUT2D eigenvalue weighted by atomic mass is 79.9. The second-order valence-corrected chi connectivity index (χ2v) is 3.62. The topological polar surface area (TPSA) is 46.0 Å². The Labute approximate surface area is 80.0 Å². The zero-order chi connectivity index (χ0) is 8.97. The van der Waals surface area contributed by atoms with E-state index in [1.54, 1.807) is 19.3 Å². The molecule has 3 nitrogen and oxygen atoms in total. The number of halogens is 1. The van der Waals surface area contributed by atoms with Crippen molar-refractivity contribution in [2.24, 2.45) is 0 Å². The van der Waals surface area contributed by atoms with Gasteiger partial charge in [0.05, 0.1) is 10.6 Å². The molecule has 4 heteroatoms. The van der Waals surface area contributed by atoms with Crippen LogP contribution in [0.5, 0.6) is 0 Å². The third kappa shape index (κ3) is 3.28. The normalized spacial score (nSPS) is 12.9. The minimum Gasteiger partial charge on any atom is -0.393 e. The summed E-state index contributed by atoms with van der Waals surface area (Å²) < 4.78 is 0.878. The number of aryl methyl sites for hydroxylation is 1. The molecule has 0 radical (unpaired) electrons. The van der Waals surface area contributed by atoms with Gasteiger partial charge in [0.25, 0.3) is 0 Å². The molecule has 0 aliphatic rings. The number of rotatable bonds is 3. The zero-order valence-electron chi connectivity index (χ0n) is 6.87. The lowest BCUT2D eigenvalue weighted by Gasteiger charge is -2.01. The minimum absolute atomic E-state index is 0.280. The number of aliphatic hydroxyl groups excluding tert-OH is 1. The molecule has 0 saturated heterocycles. The van der Waals surface area contributed by atoms with Crippen molar-refractivity contribution in [3.8, 4) is 0 Å². The van der Waals surface area contributed by atoms with E-state index in [-0.39, 0.29) is 6.10 Å². The van der Waals surface area contributed by atoms with Crippen molar-refractivity contribution in [2.45, 2.75) is 25.9 Å². The molecular weight excluding hydrogens is 220 g/mol. The molecule has 0 aliphatic heterocycles. The fraction of sp³-hybridized carbons (Fsp3) is 0.500. The highest BCUT2D eigenvalue weighted by Crippen LogP contribution is 2.05. The Bertz CT molecular complexity index is 235. The summed E-state index contributed by atoms with van der Waals surface area (Å²) in [7, 11) is 0. The van der Waals surface area contributed by atoms with E-state index in [1.807, 2.05) is 0 Å². The van der Waals surface area contributed by atoms with Crippen molar-refractivity contribution in [2.75, 3.05) is 0 Å². The van der Waals surface area contributed by atoms with E-state index in [4.69, 9.17) is 5.11 Å². The standard InChI is InChI=1S/C8H11BrN2O/c1-6(12)2-3-8-10-4-7(9)5-11-8/h4-6,12H,2-3H2,1H3/t6-/m0/s1. The van der Waals surface area contributed by atoms with E-state index < -0.39 is 0 Å². The van der Waals surface area contributed by atoms with Crippen molar-refractivity contribution in [1.82, 2.24) is 9.97 Å². The summed E-state index contributed by atoms with van der Waals surface area (Å²) in [5, 5.41) is 9.00. The van der Waals surface area contributed by atoms with E-state index in [9.17, 15) is 0 Å². The highest BCUT2D eigenvalue weighted by molar-refractivity contribution is 9.10. The fourth-order valence-electron chi connectivity index (χ4n) is 0.806. The van der Waals surface area contributed by atoms with Crippen LogP contribution in [0.2, 0.25) is 0 Å². The van der Waals surface area contributed by atoms with Crippen LogP contribution in [0.3, 0.4) is 0 Å². The van der Waals surface area contributed by atoms with Gasteiger partial charge in [-0.25, -0.2) is 9.97 Å². The third-order valence-corrected chi connectivity index (χ3v) is 1.87. The number of hydrogen-bond acceptors (Lipinski definition) is 3. The molecule has 0 aliphatic carbocycles. The molecule has 0 fully saturated rings. The van der Waals surface area contributed by atoms with E-state index >= 15 is 0 Å². The molecule has 0 saturated carbocycles. The lowest BCUT2D eigenvalue weighted by atomic mass is 10.2. The van der Waals surface area contributed by atoms with Crippen molar-refractivity contribution in [1.29, 1.82) is 0 Å². The molecule has 0 unspecified atom stereocenters. The molecule has 0 bridgehead atoms. The SMILES string of the molecule is C[C@H](O)CCc1ncc(Br)cn1. The quantitative estimate of drug-likeness (QED) is 0.858. The van der Waals surface area contributed by atoms with Gasteiger partial charge < -0.3 is 5.11 Å². The van der Waals surface area contributed by atoms with E-state index in [1.165, 1.54) is 0 Å². The Hall–Kier alpha value is -0.480. The maximum absolute atomic E-state index is 9.00. The first kappa shape index (κ1) is 9.61. The fourth-order valence-corrected chi connectivity index (χ4v) is 1.01. The molecule has 0 aromatic carbocycles. The van der Waals surface area contributed by atoms with Crippen LogP contribution < -0.4 is 0 Å². The largest absolute Gasteiger partial charge is 0.393 e. The monoisotopic (exact) mass is 230 g/mol. The summed E-state index contributed by atoms with van der Waals surface area (Å²) in [6.45, 7) is 1.76. The van der Waals surface area contributed by atoms with Crippen LogP contribution in [0, 0.1) is 0 Å². The van der Waals surface area contributed by atoms with Crippen LogP contribution in [-0.2, 0) is 6.42 Å². The van der Waals surface area contributed by atoms with Gasteiger partial charge >= 0.3 is 0 Å². The predicted octanol–water partition coefficient (Wildman–Crippen LogP) is 1.55. The molecule has 1 aromatic rings. The summed E-state index contributed by atoms with van der Waals surface area (Å²) >= 11 is 3.25. The molecule has 0 amide bonds. The molecule has 1 N–H and O–H groups in total. The van der Waals surface area contributed by atoms with Gasteiger partial charge in [0, 0.05) is 18.8 Å². The average Bonchev–Trinajstić information content (AvgIpc) is 2.03. The smallest absolute Gasteiger partial charge is 0.128 e. The van der Waals surface area contributed by atoms with Gasteiger partial charge in [-0.2, -0.15) is 0 Å².